The highest BCUT2D eigenvalue weighted by Crippen LogP contribution is 2.43. The van der Waals surface area contributed by atoms with E-state index in [-0.39, 0.29) is 28.1 Å². The highest BCUT2D eigenvalue weighted by molar-refractivity contribution is 9.10. The van der Waals surface area contributed by atoms with Gasteiger partial charge in [0, 0.05) is 21.7 Å². The minimum Gasteiger partial charge on any atom is -0.507 e. The van der Waals surface area contributed by atoms with Crippen LogP contribution in [-0.4, -0.2) is 22.2 Å². The van der Waals surface area contributed by atoms with Crippen molar-refractivity contribution in [1.82, 2.24) is 9.97 Å². The second kappa shape index (κ2) is 6.95. The van der Waals surface area contributed by atoms with Gasteiger partial charge in [-0.3, -0.25) is 0 Å². The van der Waals surface area contributed by atoms with Gasteiger partial charge in [-0.05, 0) is 29.8 Å². The van der Waals surface area contributed by atoms with Crippen molar-refractivity contribution in [2.75, 3.05) is 7.11 Å². The van der Waals surface area contributed by atoms with Crippen molar-refractivity contribution in [3.05, 3.63) is 59.0 Å². The molecule has 26 heavy (non-hydrogen) atoms. The van der Waals surface area contributed by atoms with Gasteiger partial charge in [-0.25, -0.2) is 9.97 Å². The predicted octanol–water partition coefficient (Wildman–Crippen LogP) is 5.31. The van der Waals surface area contributed by atoms with E-state index >= 15 is 0 Å². The second-order valence-electron chi connectivity index (χ2n) is 5.33. The monoisotopic (exact) mass is 424 g/mol. The Bertz CT molecular complexity index is 944. The molecular formula is C18H12BrF3N2O2. The van der Waals surface area contributed by atoms with Crippen molar-refractivity contribution < 1.29 is 23.0 Å². The number of rotatable bonds is 3. The topological polar surface area (TPSA) is 55.2 Å². The molecule has 1 N–H and O–H groups in total. The van der Waals surface area contributed by atoms with Crippen LogP contribution in [-0.2, 0) is 6.18 Å². The first-order chi connectivity index (χ1) is 12.3. The van der Waals surface area contributed by atoms with E-state index in [9.17, 15) is 18.3 Å². The largest absolute Gasteiger partial charge is 0.507 e. The molecule has 8 heteroatoms. The van der Waals surface area contributed by atoms with Gasteiger partial charge >= 0.3 is 6.18 Å². The molecule has 1 aromatic heterocycles. The second-order valence-corrected chi connectivity index (χ2v) is 6.25. The number of alkyl halides is 3. The maximum absolute atomic E-state index is 13.5. The normalized spacial score (nSPS) is 11.4. The van der Waals surface area contributed by atoms with Gasteiger partial charge in [-0.15, -0.1) is 0 Å². The molecule has 0 bridgehead atoms. The summed E-state index contributed by atoms with van der Waals surface area (Å²) in [6, 6.07) is 10.6. The van der Waals surface area contributed by atoms with Gasteiger partial charge in [0.25, 0.3) is 0 Å². The summed E-state index contributed by atoms with van der Waals surface area (Å²) in [5, 5.41) is 10.3. The highest BCUT2D eigenvalue weighted by Gasteiger charge is 2.37. The lowest BCUT2D eigenvalue weighted by molar-refractivity contribution is -0.140. The third-order valence-corrected chi connectivity index (χ3v) is 4.24. The number of aromatic hydroxyl groups is 1. The fraction of sp³-hybridized carbons (Fsp3) is 0.111. The van der Waals surface area contributed by atoms with Crippen LogP contribution in [0.2, 0.25) is 0 Å². The number of hydrogen-bond acceptors (Lipinski definition) is 4. The van der Waals surface area contributed by atoms with Gasteiger partial charge in [-0.2, -0.15) is 13.2 Å². The van der Waals surface area contributed by atoms with Crippen molar-refractivity contribution in [2.24, 2.45) is 0 Å². The molecule has 0 unspecified atom stereocenters. The van der Waals surface area contributed by atoms with Crippen molar-refractivity contribution in [3.63, 3.8) is 0 Å². The van der Waals surface area contributed by atoms with Gasteiger partial charge in [0.05, 0.1) is 12.8 Å². The molecule has 3 aromatic rings. The Morgan fingerprint density at radius 1 is 1.04 bits per heavy atom. The molecule has 0 aliphatic heterocycles. The maximum atomic E-state index is 13.5. The van der Waals surface area contributed by atoms with Crippen LogP contribution in [0.5, 0.6) is 11.5 Å². The predicted molar refractivity (Wildman–Crippen MR) is 93.8 cm³/mol. The average molecular weight is 425 g/mol. The Balaban J connectivity index is 2.31. The van der Waals surface area contributed by atoms with Crippen LogP contribution in [0.3, 0.4) is 0 Å². The van der Waals surface area contributed by atoms with Crippen LogP contribution in [0.25, 0.3) is 22.4 Å². The molecule has 0 atom stereocenters. The van der Waals surface area contributed by atoms with Gasteiger partial charge in [-0.1, -0.05) is 28.1 Å². The molecule has 0 aliphatic rings. The van der Waals surface area contributed by atoms with E-state index in [1.807, 2.05) is 0 Å². The summed E-state index contributed by atoms with van der Waals surface area (Å²) in [6.45, 7) is 0. The number of nitrogens with zero attached hydrogens (tertiary/aromatic N) is 2. The summed E-state index contributed by atoms with van der Waals surface area (Å²) in [4.78, 5) is 7.46. The van der Waals surface area contributed by atoms with Gasteiger partial charge in [0.2, 0.25) is 0 Å². The third-order valence-electron chi connectivity index (χ3n) is 3.71. The van der Waals surface area contributed by atoms with Crippen molar-refractivity contribution in [1.29, 1.82) is 0 Å². The minimum absolute atomic E-state index is 0.0187. The number of hydrogen-bond donors (Lipinski definition) is 1. The number of phenols is 1. The van der Waals surface area contributed by atoms with Gasteiger partial charge in [0.1, 0.15) is 17.8 Å². The fourth-order valence-electron chi connectivity index (χ4n) is 2.53. The molecule has 1 heterocycles. The van der Waals surface area contributed by atoms with Crippen LogP contribution >= 0.6 is 15.9 Å². The number of benzene rings is 2. The highest BCUT2D eigenvalue weighted by atomic mass is 79.9. The van der Waals surface area contributed by atoms with Crippen molar-refractivity contribution in [2.45, 2.75) is 6.18 Å². The number of methoxy groups -OCH3 is 1. The molecule has 0 radical (unpaired) electrons. The lowest BCUT2D eigenvalue weighted by Gasteiger charge is -2.16. The Kier molecular flexibility index (Phi) is 4.86. The maximum Gasteiger partial charge on any atom is 0.434 e. The lowest BCUT2D eigenvalue weighted by atomic mass is 9.96. The number of halogens is 4. The van der Waals surface area contributed by atoms with E-state index in [2.05, 4.69) is 25.9 Å². The summed E-state index contributed by atoms with van der Waals surface area (Å²) in [5.74, 6) is 0.135. The molecule has 0 fully saturated rings. The quantitative estimate of drug-likeness (QED) is 0.619. The zero-order valence-corrected chi connectivity index (χ0v) is 15.0. The smallest absolute Gasteiger partial charge is 0.434 e. The van der Waals surface area contributed by atoms with Crippen LogP contribution < -0.4 is 4.74 Å². The Hall–Kier alpha value is -2.61. The SMILES string of the molecule is COc1ccc(-c2ncnc(C(F)(F)F)c2-c2ccc(Br)cc2)c(O)c1. The van der Waals surface area contributed by atoms with E-state index in [0.717, 1.165) is 10.8 Å². The first kappa shape index (κ1) is 18.2. The summed E-state index contributed by atoms with van der Waals surface area (Å²) >= 11 is 3.26. The van der Waals surface area contributed by atoms with E-state index in [1.165, 1.54) is 37.4 Å². The Labute approximate surface area is 155 Å². The van der Waals surface area contributed by atoms with Crippen LogP contribution in [0.1, 0.15) is 5.69 Å². The molecular weight excluding hydrogens is 413 g/mol. The van der Waals surface area contributed by atoms with Crippen LogP contribution in [0.15, 0.2) is 53.3 Å². The molecule has 0 aliphatic carbocycles. The number of phenolic OH excluding ortho intramolecular Hbond substituents is 1. The van der Waals surface area contributed by atoms with E-state index in [4.69, 9.17) is 4.74 Å². The summed E-state index contributed by atoms with van der Waals surface area (Å²) in [5.41, 5.74) is -0.856. The minimum atomic E-state index is -4.68. The Morgan fingerprint density at radius 2 is 1.73 bits per heavy atom. The summed E-state index contributed by atoms with van der Waals surface area (Å²) in [6.07, 6.45) is -3.84. The fourth-order valence-corrected chi connectivity index (χ4v) is 2.80. The van der Waals surface area contributed by atoms with Crippen molar-refractivity contribution >= 4 is 15.9 Å². The molecule has 0 saturated heterocycles. The molecule has 0 saturated carbocycles. The molecule has 3 rings (SSSR count). The first-order valence-corrected chi connectivity index (χ1v) is 8.16. The summed E-state index contributed by atoms with van der Waals surface area (Å²) in [7, 11) is 1.42. The lowest BCUT2D eigenvalue weighted by Crippen LogP contribution is -2.12. The third kappa shape index (κ3) is 3.50. The zero-order valence-electron chi connectivity index (χ0n) is 13.4. The Morgan fingerprint density at radius 3 is 2.31 bits per heavy atom. The first-order valence-electron chi connectivity index (χ1n) is 7.36. The van der Waals surface area contributed by atoms with E-state index in [0.29, 0.717) is 5.75 Å². The molecule has 0 amide bonds. The van der Waals surface area contributed by atoms with Crippen LogP contribution in [0, 0.1) is 0 Å². The average Bonchev–Trinajstić information content (AvgIpc) is 2.61. The van der Waals surface area contributed by atoms with Gasteiger partial charge < -0.3 is 9.84 Å². The molecule has 0 spiro atoms. The van der Waals surface area contributed by atoms with Crippen LogP contribution in [0.4, 0.5) is 13.2 Å². The van der Waals surface area contributed by atoms with E-state index in [1.54, 1.807) is 12.1 Å². The number of ether oxygens (including phenoxy) is 1. The summed E-state index contributed by atoms with van der Waals surface area (Å²) < 4.78 is 46.4. The molecule has 4 nitrogen and oxygen atoms in total. The van der Waals surface area contributed by atoms with E-state index < -0.39 is 11.9 Å². The standard InChI is InChI=1S/C18H12BrF3N2O2/c1-26-12-6-7-13(14(25)8-12)16-15(10-2-4-11(19)5-3-10)17(18(20,21)22)24-9-23-16/h2-9,25H,1H3. The van der Waals surface area contributed by atoms with Gasteiger partial charge in [0.15, 0.2) is 5.69 Å². The molecule has 2 aromatic carbocycles. The zero-order chi connectivity index (χ0) is 18.9. The van der Waals surface area contributed by atoms with Crippen molar-refractivity contribution in [3.8, 4) is 33.9 Å². The number of aromatic nitrogens is 2. The molecule has 134 valence electrons.